The normalized spacial score (nSPS) is 19.9. The first-order valence-electron chi connectivity index (χ1n) is 5.26. The van der Waals surface area contributed by atoms with Gasteiger partial charge in [-0.25, -0.2) is 22.0 Å². The summed E-state index contributed by atoms with van der Waals surface area (Å²) in [6.07, 6.45) is 1.86. The number of allylic oxidation sites excluding steroid dienone is 4. The topological polar surface area (TPSA) is 0 Å². The molecule has 92 valence electrons. The zero-order chi connectivity index (χ0) is 12.3. The van der Waals surface area contributed by atoms with E-state index in [9.17, 15) is 22.0 Å². The molecule has 0 aliphatic heterocycles. The van der Waals surface area contributed by atoms with Gasteiger partial charge in [0.2, 0.25) is 5.67 Å². The third kappa shape index (κ3) is 2.13. The molecule has 0 heterocycles. The number of alkyl halides is 1. The van der Waals surface area contributed by atoms with Gasteiger partial charge in [0, 0.05) is 0 Å². The van der Waals surface area contributed by atoms with Crippen molar-refractivity contribution in [3.8, 4) is 0 Å². The lowest BCUT2D eigenvalue weighted by Gasteiger charge is -2.17. The maximum Gasteiger partial charge on any atom is 0.219 e. The van der Waals surface area contributed by atoms with Gasteiger partial charge in [-0.15, -0.1) is 0 Å². The van der Waals surface area contributed by atoms with Crippen LogP contribution in [-0.2, 0) is 0 Å². The molecule has 0 fully saturated rings. The van der Waals surface area contributed by atoms with Crippen LogP contribution in [0, 0.1) is 0 Å². The molecular formula is C11H13F5. The van der Waals surface area contributed by atoms with Gasteiger partial charge < -0.3 is 0 Å². The lowest BCUT2D eigenvalue weighted by atomic mass is 9.97. The smallest absolute Gasteiger partial charge is 0.219 e. The van der Waals surface area contributed by atoms with Crippen molar-refractivity contribution in [2.75, 3.05) is 0 Å². The fraction of sp³-hybridized carbons (Fsp3) is 0.636. The van der Waals surface area contributed by atoms with E-state index in [2.05, 4.69) is 0 Å². The van der Waals surface area contributed by atoms with Gasteiger partial charge in [-0.05, 0) is 12.8 Å². The van der Waals surface area contributed by atoms with Gasteiger partial charge in [0.05, 0.1) is 0 Å². The standard InChI is InChI=1S/C11H13F5/c1-2-3-4-5-6-11(16)9(14)7(12)8(13)10(11)15/h2-6H2,1H3. The summed E-state index contributed by atoms with van der Waals surface area (Å²) in [5, 5.41) is 0. The van der Waals surface area contributed by atoms with Gasteiger partial charge in [-0.1, -0.05) is 26.2 Å². The zero-order valence-corrected chi connectivity index (χ0v) is 8.93. The minimum absolute atomic E-state index is 0.186. The number of halogens is 5. The molecule has 0 radical (unpaired) electrons. The second-order valence-electron chi connectivity index (χ2n) is 3.87. The van der Waals surface area contributed by atoms with E-state index in [1.54, 1.807) is 0 Å². The second kappa shape index (κ2) is 4.97. The summed E-state index contributed by atoms with van der Waals surface area (Å²) in [6, 6.07) is 0. The third-order valence-electron chi connectivity index (χ3n) is 2.65. The molecule has 16 heavy (non-hydrogen) atoms. The number of hydrogen-bond donors (Lipinski definition) is 0. The molecule has 0 bridgehead atoms. The lowest BCUT2D eigenvalue weighted by molar-refractivity contribution is 0.168. The third-order valence-corrected chi connectivity index (χ3v) is 2.65. The number of unbranched alkanes of at least 4 members (excludes halogenated alkanes) is 3. The van der Waals surface area contributed by atoms with Gasteiger partial charge in [0.1, 0.15) is 0 Å². The minimum Gasteiger partial charge on any atom is -0.228 e. The molecule has 1 aliphatic carbocycles. The van der Waals surface area contributed by atoms with Crippen LogP contribution in [0.25, 0.3) is 0 Å². The molecule has 0 saturated heterocycles. The van der Waals surface area contributed by atoms with E-state index in [-0.39, 0.29) is 6.42 Å². The van der Waals surface area contributed by atoms with Crippen LogP contribution in [0.1, 0.15) is 39.0 Å². The van der Waals surface area contributed by atoms with E-state index in [0.29, 0.717) is 6.42 Å². The average Bonchev–Trinajstić information content (AvgIpc) is 2.42. The predicted molar refractivity (Wildman–Crippen MR) is 51.1 cm³/mol. The van der Waals surface area contributed by atoms with Gasteiger partial charge in [-0.2, -0.15) is 0 Å². The van der Waals surface area contributed by atoms with Crippen LogP contribution in [0.4, 0.5) is 22.0 Å². The maximum absolute atomic E-state index is 13.7. The Bertz CT molecular complexity index is 305. The fourth-order valence-corrected chi connectivity index (χ4v) is 1.65. The van der Waals surface area contributed by atoms with Crippen LogP contribution in [-0.4, -0.2) is 5.67 Å². The molecule has 5 heteroatoms. The Balaban J connectivity index is 2.71. The van der Waals surface area contributed by atoms with Crippen LogP contribution < -0.4 is 0 Å². The van der Waals surface area contributed by atoms with E-state index in [1.807, 2.05) is 6.92 Å². The summed E-state index contributed by atoms with van der Waals surface area (Å²) in [5.74, 6) is -8.04. The number of rotatable bonds is 5. The van der Waals surface area contributed by atoms with Crippen LogP contribution in [0.15, 0.2) is 23.3 Å². The minimum atomic E-state index is -3.22. The molecule has 0 N–H and O–H groups in total. The van der Waals surface area contributed by atoms with Crippen molar-refractivity contribution in [3.05, 3.63) is 23.3 Å². The monoisotopic (exact) mass is 240 g/mol. The van der Waals surface area contributed by atoms with Crippen LogP contribution in [0.2, 0.25) is 0 Å². The van der Waals surface area contributed by atoms with Crippen molar-refractivity contribution in [2.24, 2.45) is 0 Å². The maximum atomic E-state index is 13.7. The van der Waals surface area contributed by atoms with E-state index < -0.39 is 35.4 Å². The van der Waals surface area contributed by atoms with E-state index in [1.165, 1.54) is 0 Å². The number of hydrogen-bond acceptors (Lipinski definition) is 0. The highest BCUT2D eigenvalue weighted by Gasteiger charge is 2.51. The molecular weight excluding hydrogens is 227 g/mol. The Kier molecular flexibility index (Phi) is 4.10. The largest absolute Gasteiger partial charge is 0.228 e. The molecule has 0 nitrogen and oxygen atoms in total. The predicted octanol–water partition coefficient (Wildman–Crippen LogP) is 4.98. The molecule has 1 rings (SSSR count). The highest BCUT2D eigenvalue weighted by Crippen LogP contribution is 2.48. The van der Waals surface area contributed by atoms with Crippen molar-refractivity contribution in [1.82, 2.24) is 0 Å². The van der Waals surface area contributed by atoms with Gasteiger partial charge >= 0.3 is 0 Å². The van der Waals surface area contributed by atoms with E-state index in [4.69, 9.17) is 0 Å². The van der Waals surface area contributed by atoms with Crippen molar-refractivity contribution in [1.29, 1.82) is 0 Å². The first-order chi connectivity index (χ1) is 7.45. The Morgan fingerprint density at radius 2 is 1.38 bits per heavy atom. The van der Waals surface area contributed by atoms with Crippen LogP contribution in [0.5, 0.6) is 0 Å². The van der Waals surface area contributed by atoms with Gasteiger partial charge in [-0.3, -0.25) is 0 Å². The van der Waals surface area contributed by atoms with Crippen molar-refractivity contribution < 1.29 is 22.0 Å². The molecule has 1 aliphatic rings. The quantitative estimate of drug-likeness (QED) is 0.469. The summed E-state index contributed by atoms with van der Waals surface area (Å²) in [7, 11) is 0. The second-order valence-corrected chi connectivity index (χ2v) is 3.87. The summed E-state index contributed by atoms with van der Waals surface area (Å²) in [4.78, 5) is 0. The summed E-state index contributed by atoms with van der Waals surface area (Å²) >= 11 is 0. The summed E-state index contributed by atoms with van der Waals surface area (Å²) in [6.45, 7) is 1.92. The van der Waals surface area contributed by atoms with Gasteiger partial charge in [0.15, 0.2) is 23.3 Å². The Hall–Kier alpha value is -0.870. The Labute approximate surface area is 90.8 Å². The first kappa shape index (κ1) is 13.2. The molecule has 0 aromatic rings. The van der Waals surface area contributed by atoms with Gasteiger partial charge in [0.25, 0.3) is 0 Å². The highest BCUT2D eigenvalue weighted by atomic mass is 19.2. The molecule has 0 spiro atoms. The SMILES string of the molecule is CCCCCCC1(F)C(F)=C(F)C(F)=C1F. The Morgan fingerprint density at radius 3 is 1.81 bits per heavy atom. The zero-order valence-electron chi connectivity index (χ0n) is 8.93. The molecule has 0 aromatic carbocycles. The van der Waals surface area contributed by atoms with Crippen molar-refractivity contribution in [2.45, 2.75) is 44.7 Å². The highest BCUT2D eigenvalue weighted by molar-refractivity contribution is 5.44. The van der Waals surface area contributed by atoms with Crippen LogP contribution in [0.3, 0.4) is 0 Å². The van der Waals surface area contributed by atoms with Crippen LogP contribution >= 0.6 is 0 Å². The Morgan fingerprint density at radius 1 is 0.875 bits per heavy atom. The lowest BCUT2D eigenvalue weighted by Crippen LogP contribution is -2.22. The van der Waals surface area contributed by atoms with Crippen molar-refractivity contribution in [3.63, 3.8) is 0 Å². The fourth-order valence-electron chi connectivity index (χ4n) is 1.65. The first-order valence-corrected chi connectivity index (χ1v) is 5.26. The van der Waals surface area contributed by atoms with Crippen molar-refractivity contribution >= 4 is 0 Å². The molecule has 0 unspecified atom stereocenters. The molecule has 0 amide bonds. The van der Waals surface area contributed by atoms with E-state index in [0.717, 1.165) is 12.8 Å². The summed E-state index contributed by atoms with van der Waals surface area (Å²) < 4.78 is 64.9. The summed E-state index contributed by atoms with van der Waals surface area (Å²) in [5.41, 5.74) is -3.22. The average molecular weight is 240 g/mol. The molecule has 0 atom stereocenters. The van der Waals surface area contributed by atoms with E-state index >= 15 is 0 Å². The molecule has 0 aromatic heterocycles. The molecule has 0 saturated carbocycles.